The highest BCUT2D eigenvalue weighted by molar-refractivity contribution is 7.90. The normalized spacial score (nSPS) is 16.4. The van der Waals surface area contributed by atoms with Gasteiger partial charge in [0.25, 0.3) is 0 Å². The quantitative estimate of drug-likeness (QED) is 0.900. The van der Waals surface area contributed by atoms with Crippen LogP contribution in [0, 0.1) is 0 Å². The first-order valence-electron chi connectivity index (χ1n) is 7.64. The number of anilines is 1. The summed E-state index contributed by atoms with van der Waals surface area (Å²) in [6.07, 6.45) is 8.51. The van der Waals surface area contributed by atoms with E-state index in [0.717, 1.165) is 24.8 Å². The van der Waals surface area contributed by atoms with E-state index in [1.54, 1.807) is 0 Å². The number of aromatic nitrogens is 5. The molecule has 0 unspecified atom stereocenters. The van der Waals surface area contributed by atoms with Gasteiger partial charge in [0.1, 0.15) is 0 Å². The van der Waals surface area contributed by atoms with Gasteiger partial charge in [-0.1, -0.05) is 19.3 Å². The van der Waals surface area contributed by atoms with Crippen molar-refractivity contribution in [2.45, 2.75) is 43.2 Å². The molecule has 2 aromatic heterocycles. The van der Waals surface area contributed by atoms with E-state index in [0.29, 0.717) is 17.4 Å². The minimum Gasteiger partial charge on any atom is -0.371 e. The third-order valence-electron chi connectivity index (χ3n) is 4.33. The van der Waals surface area contributed by atoms with Crippen LogP contribution < -0.4 is 4.90 Å². The molecule has 1 saturated carbocycles. The van der Waals surface area contributed by atoms with Gasteiger partial charge in [-0.3, -0.25) is 0 Å². The van der Waals surface area contributed by atoms with Crippen molar-refractivity contribution >= 4 is 15.5 Å². The van der Waals surface area contributed by atoms with Gasteiger partial charge in [-0.05, 0) is 29.3 Å². The van der Waals surface area contributed by atoms with Gasteiger partial charge in [-0.2, -0.15) is 0 Å². The lowest BCUT2D eigenvalue weighted by molar-refractivity contribution is 0.427. The van der Waals surface area contributed by atoms with Crippen LogP contribution in [0.15, 0.2) is 17.3 Å². The second-order valence-electron chi connectivity index (χ2n) is 5.93. The molecule has 0 saturated heterocycles. The highest BCUT2D eigenvalue weighted by atomic mass is 32.2. The lowest BCUT2D eigenvalue weighted by atomic mass is 9.94. The average molecular weight is 336 g/mol. The number of nitrogens with zero attached hydrogens (tertiary/aromatic N) is 5. The fraction of sp³-hybridized carbons (Fsp3) is 0.571. The minimum atomic E-state index is -3.50. The SMILES string of the molecule is CN(c1ccnc(S(C)(=O)=O)c1-c1nnn[nH]1)C1CCCCC1. The van der Waals surface area contributed by atoms with E-state index in [2.05, 4.69) is 30.5 Å². The number of H-pyrrole nitrogens is 1. The van der Waals surface area contributed by atoms with E-state index in [9.17, 15) is 8.42 Å². The second kappa shape index (κ2) is 6.23. The van der Waals surface area contributed by atoms with Crippen molar-refractivity contribution in [2.24, 2.45) is 0 Å². The number of rotatable bonds is 4. The first-order valence-corrected chi connectivity index (χ1v) is 9.53. The van der Waals surface area contributed by atoms with Gasteiger partial charge in [-0.25, -0.2) is 18.5 Å². The summed E-state index contributed by atoms with van der Waals surface area (Å²) in [5.41, 5.74) is 1.22. The van der Waals surface area contributed by atoms with Crippen LogP contribution in [0.25, 0.3) is 11.4 Å². The Kier molecular flexibility index (Phi) is 4.29. The first-order chi connectivity index (χ1) is 11.0. The Bertz CT molecular complexity index is 769. The summed E-state index contributed by atoms with van der Waals surface area (Å²) in [5, 5.41) is 13.7. The smallest absolute Gasteiger partial charge is 0.193 e. The van der Waals surface area contributed by atoms with Crippen LogP contribution in [0.5, 0.6) is 0 Å². The molecule has 0 radical (unpaired) electrons. The summed E-state index contributed by atoms with van der Waals surface area (Å²) in [7, 11) is -1.51. The van der Waals surface area contributed by atoms with Crippen LogP contribution in [-0.2, 0) is 9.84 Å². The molecule has 2 aromatic rings. The van der Waals surface area contributed by atoms with Gasteiger partial charge in [0, 0.05) is 25.5 Å². The summed E-state index contributed by atoms with van der Waals surface area (Å²) in [6.45, 7) is 0. The van der Waals surface area contributed by atoms with Crippen LogP contribution in [0.4, 0.5) is 5.69 Å². The molecule has 8 nitrogen and oxygen atoms in total. The Labute approximate surface area is 135 Å². The molecule has 23 heavy (non-hydrogen) atoms. The zero-order valence-corrected chi connectivity index (χ0v) is 14.0. The standard InChI is InChI=1S/C14H20N6O2S/c1-20(10-6-4-3-5-7-10)11-8-9-15-14(23(2,21)22)12(11)13-16-18-19-17-13/h8-10H,3-7H2,1-2H3,(H,16,17,18,19). The fourth-order valence-electron chi connectivity index (χ4n) is 3.16. The van der Waals surface area contributed by atoms with Gasteiger partial charge in [0.2, 0.25) is 0 Å². The highest BCUT2D eigenvalue weighted by Crippen LogP contribution is 2.35. The minimum absolute atomic E-state index is 0.00351. The Morgan fingerprint density at radius 1 is 1.26 bits per heavy atom. The summed E-state index contributed by atoms with van der Waals surface area (Å²) in [5.74, 6) is 0.316. The van der Waals surface area contributed by atoms with Gasteiger partial charge < -0.3 is 4.90 Å². The van der Waals surface area contributed by atoms with Crippen LogP contribution in [-0.4, -0.2) is 53.4 Å². The Hall–Kier alpha value is -2.03. The molecule has 1 fully saturated rings. The molecule has 9 heteroatoms. The van der Waals surface area contributed by atoms with Crippen molar-refractivity contribution in [1.29, 1.82) is 0 Å². The maximum Gasteiger partial charge on any atom is 0.193 e. The molecule has 0 bridgehead atoms. The van der Waals surface area contributed by atoms with Gasteiger partial charge >= 0.3 is 0 Å². The highest BCUT2D eigenvalue weighted by Gasteiger charge is 2.27. The first kappa shape index (κ1) is 15.9. The van der Waals surface area contributed by atoms with E-state index in [1.807, 2.05) is 13.1 Å². The third-order valence-corrected chi connectivity index (χ3v) is 5.34. The molecule has 2 heterocycles. The maximum atomic E-state index is 12.1. The van der Waals surface area contributed by atoms with Crippen molar-refractivity contribution in [3.05, 3.63) is 12.3 Å². The lowest BCUT2D eigenvalue weighted by Gasteiger charge is -2.34. The van der Waals surface area contributed by atoms with E-state index in [1.165, 1.54) is 25.5 Å². The summed E-state index contributed by atoms with van der Waals surface area (Å²) in [4.78, 5) is 6.20. The van der Waals surface area contributed by atoms with E-state index < -0.39 is 9.84 Å². The largest absolute Gasteiger partial charge is 0.371 e. The number of hydrogen-bond acceptors (Lipinski definition) is 7. The van der Waals surface area contributed by atoms with Crippen LogP contribution >= 0.6 is 0 Å². The average Bonchev–Trinajstić information content (AvgIpc) is 3.07. The van der Waals surface area contributed by atoms with Crippen LogP contribution in [0.2, 0.25) is 0 Å². The van der Waals surface area contributed by atoms with Crippen molar-refractivity contribution < 1.29 is 8.42 Å². The predicted molar refractivity (Wildman–Crippen MR) is 85.8 cm³/mol. The zero-order valence-electron chi connectivity index (χ0n) is 13.2. The third kappa shape index (κ3) is 3.19. The molecular weight excluding hydrogens is 316 g/mol. The van der Waals surface area contributed by atoms with Gasteiger partial charge in [0.15, 0.2) is 20.7 Å². The Balaban J connectivity index is 2.13. The van der Waals surface area contributed by atoms with Crippen molar-refractivity contribution in [3.63, 3.8) is 0 Å². The lowest BCUT2D eigenvalue weighted by Crippen LogP contribution is -2.34. The Morgan fingerprint density at radius 3 is 2.61 bits per heavy atom. The molecule has 0 atom stereocenters. The van der Waals surface area contributed by atoms with Crippen molar-refractivity contribution in [3.8, 4) is 11.4 Å². The fourth-order valence-corrected chi connectivity index (χ4v) is 3.99. The van der Waals surface area contributed by atoms with Crippen molar-refractivity contribution in [1.82, 2.24) is 25.6 Å². The zero-order chi connectivity index (χ0) is 16.4. The molecule has 3 rings (SSSR count). The van der Waals surface area contributed by atoms with Crippen LogP contribution in [0.1, 0.15) is 32.1 Å². The molecule has 0 aromatic carbocycles. The molecule has 1 aliphatic carbocycles. The number of sulfone groups is 1. The predicted octanol–water partition coefficient (Wildman–Crippen LogP) is 1.43. The summed E-state index contributed by atoms with van der Waals surface area (Å²) >= 11 is 0. The monoisotopic (exact) mass is 336 g/mol. The molecule has 1 aliphatic rings. The topological polar surface area (TPSA) is 105 Å². The Morgan fingerprint density at radius 2 is 2.00 bits per heavy atom. The number of aromatic amines is 1. The van der Waals surface area contributed by atoms with E-state index >= 15 is 0 Å². The van der Waals surface area contributed by atoms with Crippen LogP contribution in [0.3, 0.4) is 0 Å². The second-order valence-corrected chi connectivity index (χ2v) is 7.87. The molecule has 1 N–H and O–H groups in total. The van der Waals surface area contributed by atoms with E-state index in [4.69, 9.17) is 0 Å². The van der Waals surface area contributed by atoms with Crippen molar-refractivity contribution in [2.75, 3.05) is 18.2 Å². The van der Waals surface area contributed by atoms with Gasteiger partial charge in [-0.15, -0.1) is 5.10 Å². The molecule has 0 spiro atoms. The molecule has 0 aliphatic heterocycles. The summed E-state index contributed by atoms with van der Waals surface area (Å²) in [6, 6.07) is 2.20. The maximum absolute atomic E-state index is 12.1. The number of hydrogen-bond donors (Lipinski definition) is 1. The molecular formula is C14H20N6O2S. The van der Waals surface area contributed by atoms with E-state index in [-0.39, 0.29) is 5.03 Å². The number of tetrazole rings is 1. The number of nitrogens with one attached hydrogen (secondary N) is 1. The molecule has 0 amide bonds. The van der Waals surface area contributed by atoms with Gasteiger partial charge in [0.05, 0.1) is 11.3 Å². The molecule has 124 valence electrons. The number of pyridine rings is 1. The summed E-state index contributed by atoms with van der Waals surface area (Å²) < 4.78 is 24.3.